The van der Waals surface area contributed by atoms with Crippen LogP contribution >= 0.6 is 0 Å². The van der Waals surface area contributed by atoms with Crippen LogP contribution in [-0.2, 0) is 24.7 Å². The van der Waals surface area contributed by atoms with Crippen molar-refractivity contribution >= 4 is 16.8 Å². The first-order chi connectivity index (χ1) is 16.1. The van der Waals surface area contributed by atoms with Gasteiger partial charge in [0.15, 0.2) is 11.5 Å². The zero-order chi connectivity index (χ0) is 22.9. The number of fused-ring (bicyclic) bond motifs is 3. The number of H-pyrrole nitrogens is 1. The first-order valence-electron chi connectivity index (χ1n) is 11.2. The molecular formula is C26H28N4O3. The number of carbonyl (C=O) groups is 1. The summed E-state index contributed by atoms with van der Waals surface area (Å²) in [6.45, 7) is 0.645. The Kier molecular flexibility index (Phi) is 5.54. The topological polar surface area (TPSA) is 72.4 Å². The Hall–Kier alpha value is -3.74. The van der Waals surface area contributed by atoms with Crippen LogP contribution in [0.5, 0.6) is 11.5 Å². The van der Waals surface area contributed by atoms with Gasteiger partial charge in [-0.1, -0.05) is 30.3 Å². The number of aromatic amines is 1. The number of ether oxygens (including phenoxy) is 2. The van der Waals surface area contributed by atoms with Gasteiger partial charge in [-0.3, -0.25) is 9.48 Å². The van der Waals surface area contributed by atoms with Crippen LogP contribution in [0, 0.1) is 0 Å². The summed E-state index contributed by atoms with van der Waals surface area (Å²) in [7, 11) is 5.16. The number of rotatable bonds is 6. The molecule has 0 radical (unpaired) electrons. The van der Waals surface area contributed by atoms with Gasteiger partial charge in [-0.2, -0.15) is 5.10 Å². The zero-order valence-electron chi connectivity index (χ0n) is 19.2. The second kappa shape index (κ2) is 8.65. The Bertz CT molecular complexity index is 1310. The van der Waals surface area contributed by atoms with Gasteiger partial charge in [0, 0.05) is 48.4 Å². The lowest BCUT2D eigenvalue weighted by molar-refractivity contribution is -0.133. The molecule has 0 aliphatic carbocycles. The van der Waals surface area contributed by atoms with Gasteiger partial charge in [0.25, 0.3) is 0 Å². The molecule has 7 heteroatoms. The van der Waals surface area contributed by atoms with Crippen molar-refractivity contribution in [2.45, 2.75) is 25.3 Å². The number of nitrogens with zero attached hydrogens (tertiary/aromatic N) is 3. The van der Waals surface area contributed by atoms with Gasteiger partial charge < -0.3 is 19.4 Å². The Morgan fingerprint density at radius 2 is 2.00 bits per heavy atom. The fourth-order valence-electron chi connectivity index (χ4n) is 4.96. The smallest absolute Gasteiger partial charge is 0.223 e. The second-order valence-electron chi connectivity index (χ2n) is 8.41. The van der Waals surface area contributed by atoms with Gasteiger partial charge in [-0.25, -0.2) is 0 Å². The summed E-state index contributed by atoms with van der Waals surface area (Å²) in [6.07, 6.45) is 5.67. The highest BCUT2D eigenvalue weighted by Crippen LogP contribution is 2.44. The molecule has 2 aromatic carbocycles. The molecule has 2 aromatic heterocycles. The Morgan fingerprint density at radius 1 is 1.15 bits per heavy atom. The standard InChI is InChI=1S/C26H28N4O3/c1-29-16-17(15-27-29)11-12-23(31)30-14-13-19-18-7-4-5-9-21(18)28-24(19)25(30)20-8-6-10-22(32-2)26(20)33-3/h4-10,15-16,25,28H,11-14H2,1-3H3/t25-/m0/s1. The zero-order valence-corrected chi connectivity index (χ0v) is 19.2. The number of amides is 1. The molecule has 7 nitrogen and oxygen atoms in total. The summed E-state index contributed by atoms with van der Waals surface area (Å²) >= 11 is 0. The van der Waals surface area contributed by atoms with Crippen LogP contribution in [0.15, 0.2) is 54.9 Å². The van der Waals surface area contributed by atoms with E-state index in [0.717, 1.165) is 28.8 Å². The number of aromatic nitrogens is 3. The van der Waals surface area contributed by atoms with E-state index in [1.807, 2.05) is 48.6 Å². The quantitative estimate of drug-likeness (QED) is 0.488. The lowest BCUT2D eigenvalue weighted by Crippen LogP contribution is -2.40. The fourth-order valence-corrected chi connectivity index (χ4v) is 4.96. The molecule has 1 amide bonds. The molecular weight excluding hydrogens is 416 g/mol. The fraction of sp³-hybridized carbons (Fsp3) is 0.308. The van der Waals surface area contributed by atoms with Crippen molar-refractivity contribution in [1.29, 1.82) is 0 Å². The summed E-state index contributed by atoms with van der Waals surface area (Å²) < 4.78 is 13.1. The summed E-state index contributed by atoms with van der Waals surface area (Å²) in [6, 6.07) is 13.9. The molecule has 4 aromatic rings. The van der Waals surface area contributed by atoms with E-state index in [1.54, 1.807) is 18.9 Å². The summed E-state index contributed by atoms with van der Waals surface area (Å²) in [4.78, 5) is 19.1. The normalized spacial score (nSPS) is 15.5. The third kappa shape index (κ3) is 3.73. The van der Waals surface area contributed by atoms with E-state index >= 15 is 0 Å². The van der Waals surface area contributed by atoms with Crippen LogP contribution in [0.2, 0.25) is 0 Å². The maximum absolute atomic E-state index is 13.6. The number of aryl methyl sites for hydroxylation is 2. The molecule has 1 aliphatic heterocycles. The predicted molar refractivity (Wildman–Crippen MR) is 127 cm³/mol. The minimum absolute atomic E-state index is 0.109. The molecule has 0 saturated heterocycles. The number of hydrogen-bond donors (Lipinski definition) is 1. The monoisotopic (exact) mass is 444 g/mol. The van der Waals surface area contributed by atoms with Crippen molar-refractivity contribution in [2.24, 2.45) is 7.05 Å². The van der Waals surface area contributed by atoms with Crippen LogP contribution in [0.3, 0.4) is 0 Å². The van der Waals surface area contributed by atoms with Crippen molar-refractivity contribution in [3.63, 3.8) is 0 Å². The molecule has 33 heavy (non-hydrogen) atoms. The lowest BCUT2D eigenvalue weighted by Gasteiger charge is -2.37. The molecule has 0 spiro atoms. The minimum atomic E-state index is -0.285. The van der Waals surface area contributed by atoms with E-state index in [1.165, 1.54) is 10.9 Å². The second-order valence-corrected chi connectivity index (χ2v) is 8.41. The van der Waals surface area contributed by atoms with Gasteiger partial charge in [0.2, 0.25) is 5.91 Å². The maximum atomic E-state index is 13.6. The SMILES string of the molecule is COc1cccc([C@H]2c3[nH]c4ccccc4c3CCN2C(=O)CCc2cnn(C)c2)c1OC. The molecule has 1 atom stereocenters. The molecule has 1 N–H and O–H groups in total. The van der Waals surface area contributed by atoms with E-state index < -0.39 is 0 Å². The molecule has 1 aliphatic rings. The highest BCUT2D eigenvalue weighted by Gasteiger charge is 2.36. The largest absolute Gasteiger partial charge is 0.493 e. The molecule has 0 unspecified atom stereocenters. The van der Waals surface area contributed by atoms with Crippen LogP contribution in [0.25, 0.3) is 10.9 Å². The van der Waals surface area contributed by atoms with Crippen LogP contribution in [-0.4, -0.2) is 46.3 Å². The third-order valence-corrected chi connectivity index (χ3v) is 6.47. The average molecular weight is 445 g/mol. The van der Waals surface area contributed by atoms with Crippen LogP contribution < -0.4 is 9.47 Å². The summed E-state index contributed by atoms with van der Waals surface area (Å²) in [5.41, 5.74) is 5.36. The van der Waals surface area contributed by atoms with Gasteiger partial charge >= 0.3 is 0 Å². The highest BCUT2D eigenvalue weighted by molar-refractivity contribution is 5.87. The van der Waals surface area contributed by atoms with E-state index in [-0.39, 0.29) is 11.9 Å². The van der Waals surface area contributed by atoms with Crippen molar-refractivity contribution in [2.75, 3.05) is 20.8 Å². The van der Waals surface area contributed by atoms with Gasteiger partial charge in [-0.15, -0.1) is 0 Å². The first kappa shape index (κ1) is 21.1. The third-order valence-electron chi connectivity index (χ3n) is 6.47. The predicted octanol–water partition coefficient (Wildman–Crippen LogP) is 4.03. The van der Waals surface area contributed by atoms with E-state index in [4.69, 9.17) is 9.47 Å². The maximum Gasteiger partial charge on any atom is 0.223 e. The summed E-state index contributed by atoms with van der Waals surface area (Å²) in [5.74, 6) is 1.42. The van der Waals surface area contributed by atoms with Crippen LogP contribution in [0.1, 0.15) is 34.8 Å². The Balaban J connectivity index is 1.58. The van der Waals surface area contributed by atoms with Crippen molar-refractivity contribution in [1.82, 2.24) is 19.7 Å². The van der Waals surface area contributed by atoms with E-state index in [9.17, 15) is 4.79 Å². The molecule has 0 fully saturated rings. The number of hydrogen-bond acceptors (Lipinski definition) is 4. The van der Waals surface area contributed by atoms with Gasteiger partial charge in [0.1, 0.15) is 6.04 Å². The summed E-state index contributed by atoms with van der Waals surface area (Å²) in [5, 5.41) is 5.43. The molecule has 3 heterocycles. The van der Waals surface area contributed by atoms with E-state index in [2.05, 4.69) is 28.3 Å². The van der Waals surface area contributed by atoms with E-state index in [0.29, 0.717) is 30.9 Å². The minimum Gasteiger partial charge on any atom is -0.493 e. The number of benzene rings is 2. The molecule has 170 valence electrons. The molecule has 5 rings (SSSR count). The average Bonchev–Trinajstić information content (AvgIpc) is 3.44. The van der Waals surface area contributed by atoms with Gasteiger partial charge in [-0.05, 0) is 36.1 Å². The van der Waals surface area contributed by atoms with Crippen LogP contribution in [0.4, 0.5) is 0 Å². The lowest BCUT2D eigenvalue weighted by atomic mass is 9.91. The van der Waals surface area contributed by atoms with Crippen molar-refractivity contribution in [3.8, 4) is 11.5 Å². The Labute approximate surface area is 192 Å². The van der Waals surface area contributed by atoms with Crippen molar-refractivity contribution < 1.29 is 14.3 Å². The molecule has 0 bridgehead atoms. The number of carbonyl (C=O) groups excluding carboxylic acids is 1. The Morgan fingerprint density at radius 3 is 2.76 bits per heavy atom. The number of nitrogens with one attached hydrogen (secondary N) is 1. The highest BCUT2D eigenvalue weighted by atomic mass is 16.5. The molecule has 0 saturated carbocycles. The number of para-hydroxylation sites is 2. The van der Waals surface area contributed by atoms with Crippen molar-refractivity contribution in [3.05, 3.63) is 77.2 Å². The van der Waals surface area contributed by atoms with Gasteiger partial charge in [0.05, 0.1) is 20.4 Å². The number of methoxy groups -OCH3 is 2. The first-order valence-corrected chi connectivity index (χ1v) is 11.2.